The van der Waals surface area contributed by atoms with E-state index in [9.17, 15) is 13.2 Å². The molecule has 0 spiro atoms. The Balaban J connectivity index is 2.36. The molecule has 0 fully saturated rings. The molecule has 0 atom stereocenters. The third kappa shape index (κ3) is 2.44. The molecule has 0 radical (unpaired) electrons. The summed E-state index contributed by atoms with van der Waals surface area (Å²) >= 11 is 0. The van der Waals surface area contributed by atoms with Gasteiger partial charge >= 0.3 is 0 Å². The average Bonchev–Trinajstić information content (AvgIpc) is 2.25. The van der Waals surface area contributed by atoms with Gasteiger partial charge in [0.15, 0.2) is 17.5 Å². The Hall–Kier alpha value is -2.31. The second-order valence-corrected chi connectivity index (χ2v) is 3.20. The smallest absolute Gasteiger partial charge is 0.182 e. The molecule has 0 bridgehead atoms. The second-order valence-electron chi connectivity index (χ2n) is 3.20. The normalized spacial score (nSPS) is 10.3. The highest BCUT2D eigenvalue weighted by atomic mass is 19.2. The van der Waals surface area contributed by atoms with Crippen LogP contribution in [0, 0.1) is 17.5 Å². The Bertz CT molecular complexity index is 559. The van der Waals surface area contributed by atoms with Gasteiger partial charge in [0.2, 0.25) is 0 Å². The number of anilines is 3. The van der Waals surface area contributed by atoms with Gasteiger partial charge in [-0.25, -0.2) is 18.2 Å². The number of benzene rings is 1. The summed E-state index contributed by atoms with van der Waals surface area (Å²) in [4.78, 5) is 7.46. The highest BCUT2D eigenvalue weighted by molar-refractivity contribution is 5.57. The number of nitrogens with one attached hydrogen (secondary N) is 1. The van der Waals surface area contributed by atoms with Gasteiger partial charge in [0.1, 0.15) is 11.6 Å². The van der Waals surface area contributed by atoms with E-state index in [1.807, 2.05) is 0 Å². The highest BCUT2D eigenvalue weighted by Gasteiger charge is 2.11. The number of nitrogen functional groups attached to an aromatic ring is 1. The Morgan fingerprint density at radius 1 is 1.12 bits per heavy atom. The molecule has 1 heterocycles. The zero-order valence-electron chi connectivity index (χ0n) is 8.42. The molecule has 1 aromatic heterocycles. The first-order chi connectivity index (χ1) is 8.06. The van der Waals surface area contributed by atoms with E-state index >= 15 is 0 Å². The maximum absolute atomic E-state index is 13.3. The summed E-state index contributed by atoms with van der Waals surface area (Å²) < 4.78 is 39.1. The number of nitrogens with two attached hydrogens (primary N) is 1. The molecule has 88 valence electrons. The van der Waals surface area contributed by atoms with E-state index in [0.29, 0.717) is 6.07 Å². The van der Waals surface area contributed by atoms with E-state index in [4.69, 9.17) is 5.73 Å². The van der Waals surface area contributed by atoms with Crippen LogP contribution >= 0.6 is 0 Å². The van der Waals surface area contributed by atoms with Crippen molar-refractivity contribution in [2.45, 2.75) is 0 Å². The quantitative estimate of drug-likeness (QED) is 0.790. The summed E-state index contributed by atoms with van der Waals surface area (Å²) in [6.45, 7) is 0. The summed E-state index contributed by atoms with van der Waals surface area (Å²) in [6, 6.07) is 1.26. The molecule has 7 heteroatoms. The zero-order valence-corrected chi connectivity index (χ0v) is 8.42. The van der Waals surface area contributed by atoms with Gasteiger partial charge in [0.05, 0.1) is 18.1 Å². The Kier molecular flexibility index (Phi) is 2.82. The van der Waals surface area contributed by atoms with Crippen LogP contribution in [-0.2, 0) is 0 Å². The van der Waals surface area contributed by atoms with Crippen LogP contribution in [0.25, 0.3) is 0 Å². The summed E-state index contributed by atoms with van der Waals surface area (Å²) in [6.07, 6.45) is 2.53. The van der Waals surface area contributed by atoms with Crippen LogP contribution in [0.4, 0.5) is 30.5 Å². The molecule has 0 aliphatic carbocycles. The van der Waals surface area contributed by atoms with Gasteiger partial charge in [-0.3, -0.25) is 4.98 Å². The van der Waals surface area contributed by atoms with Gasteiger partial charge in [-0.15, -0.1) is 0 Å². The maximum Gasteiger partial charge on any atom is 0.182 e. The fourth-order valence-electron chi connectivity index (χ4n) is 1.23. The SMILES string of the molecule is Nc1cncc(Nc2cc(F)cc(F)c2F)n1. The third-order valence-corrected chi connectivity index (χ3v) is 1.91. The van der Waals surface area contributed by atoms with Crippen molar-refractivity contribution in [3.63, 3.8) is 0 Å². The van der Waals surface area contributed by atoms with Crippen molar-refractivity contribution in [1.29, 1.82) is 0 Å². The fourth-order valence-corrected chi connectivity index (χ4v) is 1.23. The van der Waals surface area contributed by atoms with Crippen LogP contribution in [0.2, 0.25) is 0 Å². The summed E-state index contributed by atoms with van der Waals surface area (Å²) in [7, 11) is 0. The second kappa shape index (κ2) is 4.28. The van der Waals surface area contributed by atoms with Crippen molar-refractivity contribution in [3.05, 3.63) is 42.0 Å². The van der Waals surface area contributed by atoms with Crippen molar-refractivity contribution in [2.24, 2.45) is 0 Å². The predicted octanol–water partition coefficient (Wildman–Crippen LogP) is 2.22. The largest absolute Gasteiger partial charge is 0.382 e. The summed E-state index contributed by atoms with van der Waals surface area (Å²) in [5, 5.41) is 2.39. The first-order valence-corrected chi connectivity index (χ1v) is 4.55. The van der Waals surface area contributed by atoms with Gasteiger partial charge < -0.3 is 11.1 Å². The standard InChI is InChI=1S/C10H7F3N4/c11-5-1-6(12)10(13)7(2-5)16-9-4-15-3-8(14)17-9/h1-4H,(H3,14,16,17). The maximum atomic E-state index is 13.3. The molecule has 2 rings (SSSR count). The number of hydrogen-bond donors (Lipinski definition) is 2. The third-order valence-electron chi connectivity index (χ3n) is 1.91. The molecule has 17 heavy (non-hydrogen) atoms. The zero-order chi connectivity index (χ0) is 12.4. The van der Waals surface area contributed by atoms with Crippen molar-refractivity contribution in [2.75, 3.05) is 11.1 Å². The average molecular weight is 240 g/mol. The molecule has 3 N–H and O–H groups in total. The molecule has 0 aliphatic rings. The van der Waals surface area contributed by atoms with Crippen molar-refractivity contribution in [1.82, 2.24) is 9.97 Å². The van der Waals surface area contributed by atoms with Gasteiger partial charge in [-0.2, -0.15) is 0 Å². The number of rotatable bonds is 2. The number of hydrogen-bond acceptors (Lipinski definition) is 4. The lowest BCUT2D eigenvalue weighted by Crippen LogP contribution is -2.01. The molecule has 0 amide bonds. The lowest BCUT2D eigenvalue weighted by Gasteiger charge is -2.07. The van der Waals surface area contributed by atoms with E-state index < -0.39 is 17.5 Å². The van der Waals surface area contributed by atoms with Crippen molar-refractivity contribution >= 4 is 17.3 Å². The molecule has 0 saturated heterocycles. The number of nitrogens with zero attached hydrogens (tertiary/aromatic N) is 2. The van der Waals surface area contributed by atoms with E-state index in [1.165, 1.54) is 12.4 Å². The Morgan fingerprint density at radius 2 is 1.88 bits per heavy atom. The topological polar surface area (TPSA) is 63.8 Å². The summed E-state index contributed by atoms with van der Waals surface area (Å²) in [5.74, 6) is -3.19. The van der Waals surface area contributed by atoms with E-state index in [0.717, 1.165) is 6.07 Å². The van der Waals surface area contributed by atoms with Crippen LogP contribution in [0.1, 0.15) is 0 Å². The van der Waals surface area contributed by atoms with Crippen LogP contribution in [0.5, 0.6) is 0 Å². The van der Waals surface area contributed by atoms with Crippen molar-refractivity contribution < 1.29 is 13.2 Å². The van der Waals surface area contributed by atoms with Gasteiger partial charge in [0, 0.05) is 12.1 Å². The van der Waals surface area contributed by atoms with Gasteiger partial charge in [0.25, 0.3) is 0 Å². The fraction of sp³-hybridized carbons (Fsp3) is 0. The number of halogens is 3. The molecule has 2 aromatic rings. The minimum Gasteiger partial charge on any atom is -0.382 e. The summed E-state index contributed by atoms with van der Waals surface area (Å²) in [5.41, 5.74) is 4.98. The Labute approximate surface area is 94.3 Å². The van der Waals surface area contributed by atoms with Crippen molar-refractivity contribution in [3.8, 4) is 0 Å². The highest BCUT2D eigenvalue weighted by Crippen LogP contribution is 2.22. The predicted molar refractivity (Wildman–Crippen MR) is 56.0 cm³/mol. The first-order valence-electron chi connectivity index (χ1n) is 4.55. The van der Waals surface area contributed by atoms with E-state index in [-0.39, 0.29) is 17.3 Å². The van der Waals surface area contributed by atoms with Crippen LogP contribution < -0.4 is 11.1 Å². The first kappa shape index (κ1) is 11.2. The molecule has 0 unspecified atom stereocenters. The lowest BCUT2D eigenvalue weighted by atomic mass is 10.3. The van der Waals surface area contributed by atoms with Crippen LogP contribution in [0.3, 0.4) is 0 Å². The molecule has 0 aliphatic heterocycles. The molecular formula is C10H7F3N4. The molecular weight excluding hydrogens is 233 g/mol. The molecule has 0 saturated carbocycles. The minimum absolute atomic E-state index is 0.0916. The molecule has 1 aromatic carbocycles. The van der Waals surface area contributed by atoms with Gasteiger partial charge in [-0.1, -0.05) is 0 Å². The Morgan fingerprint density at radius 3 is 2.59 bits per heavy atom. The minimum atomic E-state index is -1.29. The van der Waals surface area contributed by atoms with Crippen LogP contribution in [-0.4, -0.2) is 9.97 Å². The van der Waals surface area contributed by atoms with Crippen LogP contribution in [0.15, 0.2) is 24.5 Å². The lowest BCUT2D eigenvalue weighted by molar-refractivity contribution is 0.498. The number of aromatic nitrogens is 2. The van der Waals surface area contributed by atoms with E-state index in [1.54, 1.807) is 0 Å². The van der Waals surface area contributed by atoms with E-state index in [2.05, 4.69) is 15.3 Å². The van der Waals surface area contributed by atoms with Gasteiger partial charge in [-0.05, 0) is 0 Å². The monoisotopic (exact) mass is 240 g/mol. The molecule has 4 nitrogen and oxygen atoms in total.